The average Bonchev–Trinajstić information content (AvgIpc) is 2.87. The molecular weight excluding hydrogens is 412 g/mol. The number of carbonyl (C=O) groups is 1. The largest absolute Gasteiger partial charge is 0.313 e. The number of aromatic nitrogens is 2. The number of carbonyl (C=O) groups excluding carboxylic acids is 1. The van der Waals surface area contributed by atoms with E-state index in [0.717, 1.165) is 5.52 Å². The zero-order valence-corrected chi connectivity index (χ0v) is 18.4. The Morgan fingerprint density at radius 3 is 2.48 bits per heavy atom. The first-order chi connectivity index (χ1) is 13.4. The molecule has 2 N–H and O–H groups in total. The Bertz CT molecular complexity index is 1210. The minimum absolute atomic E-state index is 0.0277. The summed E-state index contributed by atoms with van der Waals surface area (Å²) in [6.45, 7) is 7.01. The molecule has 2 aromatic carbocycles. The van der Waals surface area contributed by atoms with Gasteiger partial charge in [-0.2, -0.15) is 0 Å². The standard InChI is InChI=1S/C20H23ClN4O3S/c1-12-6-8-14(29(27,28)24-20(2,3)4)11-15(12)18(26)23-19-22-16-10-13(21)7-9-17(16)25(19)5/h6-11,24H,1-5H3,(H,22,23,26). The number of aryl methyl sites for hydroxylation is 2. The summed E-state index contributed by atoms with van der Waals surface area (Å²) in [6, 6.07) is 9.74. The van der Waals surface area contributed by atoms with Crippen LogP contribution in [0.2, 0.25) is 5.02 Å². The first kappa shape index (κ1) is 21.3. The zero-order chi connectivity index (χ0) is 21.6. The molecular formula is C20H23ClN4O3S. The molecule has 0 unspecified atom stereocenters. The molecule has 3 aromatic rings. The third kappa shape index (κ3) is 4.60. The van der Waals surface area contributed by atoms with E-state index in [1.165, 1.54) is 12.1 Å². The molecule has 0 saturated carbocycles. The van der Waals surface area contributed by atoms with Gasteiger partial charge in [0.1, 0.15) is 0 Å². The minimum Gasteiger partial charge on any atom is -0.313 e. The molecule has 0 aliphatic heterocycles. The first-order valence-electron chi connectivity index (χ1n) is 8.95. The van der Waals surface area contributed by atoms with Crippen molar-refractivity contribution in [3.8, 4) is 0 Å². The van der Waals surface area contributed by atoms with Crippen molar-refractivity contribution in [3.63, 3.8) is 0 Å². The lowest BCUT2D eigenvalue weighted by molar-refractivity contribution is 0.102. The van der Waals surface area contributed by atoms with Gasteiger partial charge in [0.2, 0.25) is 16.0 Å². The average molecular weight is 435 g/mol. The van der Waals surface area contributed by atoms with Crippen molar-refractivity contribution in [2.75, 3.05) is 5.32 Å². The van der Waals surface area contributed by atoms with E-state index in [9.17, 15) is 13.2 Å². The minimum atomic E-state index is -3.76. The number of nitrogens with one attached hydrogen (secondary N) is 2. The van der Waals surface area contributed by atoms with Gasteiger partial charge < -0.3 is 4.57 Å². The summed E-state index contributed by atoms with van der Waals surface area (Å²) in [5.41, 5.74) is 1.73. The van der Waals surface area contributed by atoms with Crippen LogP contribution in [0.25, 0.3) is 11.0 Å². The van der Waals surface area contributed by atoms with Crippen molar-refractivity contribution in [1.82, 2.24) is 14.3 Å². The van der Waals surface area contributed by atoms with E-state index in [1.807, 2.05) is 6.07 Å². The van der Waals surface area contributed by atoms with Crippen molar-refractivity contribution >= 4 is 44.5 Å². The Kier molecular flexibility index (Phi) is 5.46. The normalized spacial score (nSPS) is 12.3. The Labute approximate surface area is 175 Å². The summed E-state index contributed by atoms with van der Waals surface area (Å²) in [7, 11) is -1.98. The number of fused-ring (bicyclic) bond motifs is 1. The summed E-state index contributed by atoms with van der Waals surface area (Å²) in [5.74, 6) is -0.104. The van der Waals surface area contributed by atoms with Crippen LogP contribution in [0.1, 0.15) is 36.7 Å². The highest BCUT2D eigenvalue weighted by molar-refractivity contribution is 7.89. The molecule has 0 spiro atoms. The molecule has 1 heterocycles. The summed E-state index contributed by atoms with van der Waals surface area (Å²) in [4.78, 5) is 17.3. The molecule has 1 amide bonds. The van der Waals surface area contributed by atoms with Gasteiger partial charge in [0.25, 0.3) is 5.91 Å². The number of sulfonamides is 1. The van der Waals surface area contributed by atoms with Gasteiger partial charge in [-0.15, -0.1) is 0 Å². The summed E-state index contributed by atoms with van der Waals surface area (Å²) in [5, 5.41) is 3.31. The zero-order valence-electron chi connectivity index (χ0n) is 16.9. The molecule has 0 bridgehead atoms. The van der Waals surface area contributed by atoms with Gasteiger partial charge in [0.05, 0.1) is 15.9 Å². The quantitative estimate of drug-likeness (QED) is 0.651. The van der Waals surface area contributed by atoms with Crippen LogP contribution in [0.4, 0.5) is 5.95 Å². The number of imidazole rings is 1. The van der Waals surface area contributed by atoms with Gasteiger partial charge in [-0.05, 0) is 63.6 Å². The predicted molar refractivity (Wildman–Crippen MR) is 115 cm³/mol. The van der Waals surface area contributed by atoms with Gasteiger partial charge >= 0.3 is 0 Å². The number of anilines is 1. The van der Waals surface area contributed by atoms with E-state index >= 15 is 0 Å². The highest BCUT2D eigenvalue weighted by atomic mass is 35.5. The van der Waals surface area contributed by atoms with Crippen LogP contribution in [0.3, 0.4) is 0 Å². The lowest BCUT2D eigenvalue weighted by Crippen LogP contribution is -2.40. The molecule has 29 heavy (non-hydrogen) atoms. The topological polar surface area (TPSA) is 93.1 Å². The predicted octanol–water partition coefficient (Wildman–Crippen LogP) is 3.86. The molecule has 0 aliphatic rings. The van der Waals surface area contributed by atoms with E-state index in [-0.39, 0.29) is 10.5 Å². The summed E-state index contributed by atoms with van der Waals surface area (Å²) < 4.78 is 29.6. The summed E-state index contributed by atoms with van der Waals surface area (Å²) >= 11 is 6.01. The number of hydrogen-bond donors (Lipinski definition) is 2. The number of rotatable bonds is 4. The van der Waals surface area contributed by atoms with Crippen LogP contribution in [-0.4, -0.2) is 29.4 Å². The lowest BCUT2D eigenvalue weighted by atomic mass is 10.1. The van der Waals surface area contributed by atoms with Crippen LogP contribution >= 0.6 is 11.6 Å². The van der Waals surface area contributed by atoms with E-state index in [2.05, 4.69) is 15.0 Å². The Balaban J connectivity index is 1.95. The van der Waals surface area contributed by atoms with Crippen molar-refractivity contribution in [1.29, 1.82) is 0 Å². The lowest BCUT2D eigenvalue weighted by Gasteiger charge is -2.20. The Morgan fingerprint density at radius 2 is 1.83 bits per heavy atom. The van der Waals surface area contributed by atoms with E-state index in [0.29, 0.717) is 22.1 Å². The Hall–Kier alpha value is -2.42. The number of amides is 1. The SMILES string of the molecule is Cc1ccc(S(=O)(=O)NC(C)(C)C)cc1C(=O)Nc1nc2cc(Cl)ccc2n1C. The fourth-order valence-corrected chi connectivity index (χ4v) is 4.54. The molecule has 9 heteroatoms. The fraction of sp³-hybridized carbons (Fsp3) is 0.300. The number of nitrogens with zero attached hydrogens (tertiary/aromatic N) is 2. The maximum Gasteiger partial charge on any atom is 0.258 e. The molecule has 1 aromatic heterocycles. The van der Waals surface area contributed by atoms with Crippen molar-refractivity contribution in [3.05, 3.63) is 52.5 Å². The van der Waals surface area contributed by atoms with E-state index in [4.69, 9.17) is 11.6 Å². The third-order valence-electron chi connectivity index (χ3n) is 4.27. The van der Waals surface area contributed by atoms with Crippen LogP contribution in [0.15, 0.2) is 41.3 Å². The molecule has 7 nitrogen and oxygen atoms in total. The van der Waals surface area contributed by atoms with Gasteiger partial charge in [-0.1, -0.05) is 17.7 Å². The van der Waals surface area contributed by atoms with E-state index in [1.54, 1.807) is 57.5 Å². The summed E-state index contributed by atoms with van der Waals surface area (Å²) in [6.07, 6.45) is 0. The highest BCUT2D eigenvalue weighted by Crippen LogP contribution is 2.23. The van der Waals surface area contributed by atoms with Crippen molar-refractivity contribution in [2.45, 2.75) is 38.1 Å². The molecule has 3 rings (SSSR count). The second kappa shape index (κ2) is 7.44. The van der Waals surface area contributed by atoms with Gasteiger partial charge in [-0.25, -0.2) is 18.1 Å². The van der Waals surface area contributed by atoms with E-state index < -0.39 is 21.5 Å². The van der Waals surface area contributed by atoms with Gasteiger partial charge in [0.15, 0.2) is 0 Å². The Morgan fingerprint density at radius 1 is 1.14 bits per heavy atom. The van der Waals surface area contributed by atoms with Gasteiger partial charge in [0, 0.05) is 23.2 Å². The second-order valence-corrected chi connectivity index (χ2v) is 10.0. The van der Waals surface area contributed by atoms with Crippen LogP contribution < -0.4 is 10.0 Å². The fourth-order valence-electron chi connectivity index (χ4n) is 2.93. The first-order valence-corrected chi connectivity index (χ1v) is 10.8. The smallest absolute Gasteiger partial charge is 0.258 e. The van der Waals surface area contributed by atoms with Gasteiger partial charge in [-0.3, -0.25) is 10.1 Å². The maximum absolute atomic E-state index is 12.9. The molecule has 0 radical (unpaired) electrons. The molecule has 154 valence electrons. The maximum atomic E-state index is 12.9. The van der Waals surface area contributed by atoms with Crippen LogP contribution in [0, 0.1) is 6.92 Å². The molecule has 0 saturated heterocycles. The highest BCUT2D eigenvalue weighted by Gasteiger charge is 2.24. The van der Waals surface area contributed by atoms with Crippen molar-refractivity contribution in [2.24, 2.45) is 7.05 Å². The van der Waals surface area contributed by atoms with Crippen LogP contribution in [0.5, 0.6) is 0 Å². The second-order valence-electron chi connectivity index (χ2n) is 7.91. The number of hydrogen-bond acceptors (Lipinski definition) is 4. The molecule has 0 aliphatic carbocycles. The monoisotopic (exact) mass is 434 g/mol. The molecule has 0 atom stereocenters. The number of benzene rings is 2. The number of halogens is 1. The van der Waals surface area contributed by atoms with Crippen molar-refractivity contribution < 1.29 is 13.2 Å². The third-order valence-corrected chi connectivity index (χ3v) is 6.26. The molecule has 0 fully saturated rings. The van der Waals surface area contributed by atoms with Crippen LogP contribution in [-0.2, 0) is 17.1 Å².